The molecular formula is C11H15NO3S2. The van der Waals surface area contributed by atoms with E-state index < -0.39 is 15.9 Å². The average molecular weight is 273 g/mol. The van der Waals surface area contributed by atoms with Crippen molar-refractivity contribution >= 4 is 21.2 Å². The predicted octanol–water partition coefficient (Wildman–Crippen LogP) is 0.264. The van der Waals surface area contributed by atoms with Crippen molar-refractivity contribution in [2.24, 2.45) is 0 Å². The Hall–Kier alpha value is -0.430. The van der Waals surface area contributed by atoms with Gasteiger partial charge >= 0.3 is 0 Å². The van der Waals surface area contributed by atoms with Crippen LogP contribution in [0.15, 0.2) is 11.4 Å². The van der Waals surface area contributed by atoms with Crippen molar-refractivity contribution in [3.05, 3.63) is 21.9 Å². The fourth-order valence-electron chi connectivity index (χ4n) is 2.71. The molecule has 0 radical (unpaired) electrons. The standard InChI is InChI=1S/C11H15NO3S2/c13-10-7-17(14,15)6-9(10)12-3-1-11-8(5-12)2-4-16-11/h2,4,9-10,13H,1,3,5-7H2. The van der Waals surface area contributed by atoms with E-state index in [1.165, 1.54) is 10.4 Å². The Labute approximate surface area is 105 Å². The number of hydrogen-bond acceptors (Lipinski definition) is 5. The zero-order chi connectivity index (χ0) is 12.0. The normalized spacial score (nSPS) is 32.5. The van der Waals surface area contributed by atoms with Crippen LogP contribution in [-0.2, 0) is 22.8 Å². The van der Waals surface area contributed by atoms with Gasteiger partial charge in [0.15, 0.2) is 9.84 Å². The van der Waals surface area contributed by atoms with Crippen LogP contribution in [0.1, 0.15) is 10.4 Å². The largest absolute Gasteiger partial charge is 0.390 e. The SMILES string of the molecule is O=S1(=O)CC(O)C(N2CCc3sccc3C2)C1. The number of hydrogen-bond donors (Lipinski definition) is 1. The second kappa shape index (κ2) is 4.05. The van der Waals surface area contributed by atoms with Crippen molar-refractivity contribution in [1.29, 1.82) is 0 Å². The van der Waals surface area contributed by atoms with E-state index in [0.29, 0.717) is 0 Å². The van der Waals surface area contributed by atoms with Gasteiger partial charge < -0.3 is 5.11 Å². The molecule has 2 aliphatic rings. The van der Waals surface area contributed by atoms with E-state index in [0.717, 1.165) is 19.5 Å². The Morgan fingerprint density at radius 3 is 2.94 bits per heavy atom. The van der Waals surface area contributed by atoms with Gasteiger partial charge in [-0.25, -0.2) is 8.42 Å². The van der Waals surface area contributed by atoms with Crippen molar-refractivity contribution < 1.29 is 13.5 Å². The van der Waals surface area contributed by atoms with Gasteiger partial charge in [-0.15, -0.1) is 11.3 Å². The first kappa shape index (κ1) is 11.6. The van der Waals surface area contributed by atoms with Crippen LogP contribution in [0, 0.1) is 0 Å². The minimum absolute atomic E-state index is 0.0787. The van der Waals surface area contributed by atoms with Crippen LogP contribution in [-0.4, -0.2) is 48.6 Å². The molecule has 0 aromatic carbocycles. The minimum Gasteiger partial charge on any atom is -0.390 e. The van der Waals surface area contributed by atoms with Gasteiger partial charge in [-0.3, -0.25) is 4.90 Å². The van der Waals surface area contributed by atoms with Crippen molar-refractivity contribution in [2.75, 3.05) is 18.1 Å². The van der Waals surface area contributed by atoms with Crippen LogP contribution >= 0.6 is 11.3 Å². The summed E-state index contributed by atoms with van der Waals surface area (Å²) in [6, 6.07) is 1.88. The molecule has 4 nitrogen and oxygen atoms in total. The number of fused-ring (bicyclic) bond motifs is 1. The van der Waals surface area contributed by atoms with Crippen LogP contribution in [0.3, 0.4) is 0 Å². The van der Waals surface area contributed by atoms with E-state index in [-0.39, 0.29) is 17.5 Å². The highest BCUT2D eigenvalue weighted by Crippen LogP contribution is 2.28. The molecule has 0 spiro atoms. The number of rotatable bonds is 1. The van der Waals surface area contributed by atoms with E-state index >= 15 is 0 Å². The molecule has 94 valence electrons. The molecule has 1 aromatic rings. The Morgan fingerprint density at radius 1 is 1.41 bits per heavy atom. The van der Waals surface area contributed by atoms with Crippen LogP contribution in [0.4, 0.5) is 0 Å². The molecule has 17 heavy (non-hydrogen) atoms. The van der Waals surface area contributed by atoms with E-state index in [4.69, 9.17) is 0 Å². The quantitative estimate of drug-likeness (QED) is 0.797. The summed E-state index contributed by atoms with van der Waals surface area (Å²) in [4.78, 5) is 3.51. The lowest BCUT2D eigenvalue weighted by molar-refractivity contribution is 0.0752. The van der Waals surface area contributed by atoms with Crippen molar-refractivity contribution in [3.63, 3.8) is 0 Å². The maximum Gasteiger partial charge on any atom is 0.154 e. The third-order valence-electron chi connectivity index (χ3n) is 3.60. The van der Waals surface area contributed by atoms with Crippen molar-refractivity contribution in [3.8, 4) is 0 Å². The molecule has 0 aliphatic carbocycles. The Bertz CT molecular complexity index is 523. The van der Waals surface area contributed by atoms with Gasteiger partial charge in [0.1, 0.15) is 0 Å². The molecule has 1 aromatic heterocycles. The van der Waals surface area contributed by atoms with Gasteiger partial charge in [0, 0.05) is 18.0 Å². The summed E-state index contributed by atoms with van der Waals surface area (Å²) in [5.74, 6) is 0.0261. The molecule has 0 bridgehead atoms. The monoisotopic (exact) mass is 273 g/mol. The van der Waals surface area contributed by atoms with Crippen LogP contribution < -0.4 is 0 Å². The highest BCUT2D eigenvalue weighted by Gasteiger charge is 2.40. The zero-order valence-corrected chi connectivity index (χ0v) is 11.0. The Morgan fingerprint density at radius 2 is 2.24 bits per heavy atom. The molecule has 2 atom stereocenters. The fourth-order valence-corrected chi connectivity index (χ4v) is 5.43. The number of nitrogens with zero attached hydrogens (tertiary/aromatic N) is 1. The lowest BCUT2D eigenvalue weighted by Gasteiger charge is -2.33. The second-order valence-electron chi connectivity index (χ2n) is 4.80. The van der Waals surface area contributed by atoms with Crippen molar-refractivity contribution in [2.45, 2.75) is 25.1 Å². The maximum absolute atomic E-state index is 11.5. The molecule has 3 heterocycles. The highest BCUT2D eigenvalue weighted by molar-refractivity contribution is 7.91. The van der Waals surface area contributed by atoms with Crippen LogP contribution in [0.5, 0.6) is 0 Å². The lowest BCUT2D eigenvalue weighted by Crippen LogP contribution is -2.45. The number of thiophene rings is 1. The summed E-state index contributed by atoms with van der Waals surface area (Å²) in [5, 5.41) is 11.9. The van der Waals surface area contributed by atoms with Gasteiger partial charge in [0.25, 0.3) is 0 Å². The number of sulfone groups is 1. The molecule has 1 N–H and O–H groups in total. The minimum atomic E-state index is -3.05. The van der Waals surface area contributed by atoms with E-state index in [1.807, 2.05) is 0 Å². The fraction of sp³-hybridized carbons (Fsp3) is 0.636. The molecule has 6 heteroatoms. The second-order valence-corrected chi connectivity index (χ2v) is 7.96. The highest BCUT2D eigenvalue weighted by atomic mass is 32.2. The summed E-state index contributed by atoms with van der Waals surface area (Å²) in [6.45, 7) is 1.63. The van der Waals surface area contributed by atoms with E-state index in [1.54, 1.807) is 11.3 Å². The molecule has 0 amide bonds. The molecule has 3 rings (SSSR count). The zero-order valence-electron chi connectivity index (χ0n) is 9.37. The molecule has 1 saturated heterocycles. The van der Waals surface area contributed by atoms with E-state index in [2.05, 4.69) is 16.3 Å². The van der Waals surface area contributed by atoms with E-state index in [9.17, 15) is 13.5 Å². The van der Waals surface area contributed by atoms with Gasteiger partial charge in [-0.1, -0.05) is 0 Å². The molecule has 2 unspecified atom stereocenters. The first-order chi connectivity index (χ1) is 8.05. The number of aliphatic hydroxyl groups is 1. The first-order valence-electron chi connectivity index (χ1n) is 5.73. The van der Waals surface area contributed by atoms with Gasteiger partial charge in [-0.05, 0) is 23.4 Å². The Kier molecular flexibility index (Phi) is 2.77. The summed E-state index contributed by atoms with van der Waals surface area (Å²) >= 11 is 1.76. The lowest BCUT2D eigenvalue weighted by atomic mass is 10.1. The Balaban J connectivity index is 1.79. The third kappa shape index (κ3) is 2.14. The molecule has 1 fully saturated rings. The third-order valence-corrected chi connectivity index (χ3v) is 6.32. The first-order valence-corrected chi connectivity index (χ1v) is 8.43. The summed E-state index contributed by atoms with van der Waals surface area (Å²) < 4.78 is 23.0. The molecule has 0 saturated carbocycles. The summed E-state index contributed by atoms with van der Waals surface area (Å²) in [7, 11) is -3.05. The smallest absolute Gasteiger partial charge is 0.154 e. The van der Waals surface area contributed by atoms with Gasteiger partial charge in [0.2, 0.25) is 0 Å². The summed E-state index contributed by atoms with van der Waals surface area (Å²) in [6.07, 6.45) is 0.246. The van der Waals surface area contributed by atoms with Crippen LogP contribution in [0.25, 0.3) is 0 Å². The molecule has 2 aliphatic heterocycles. The maximum atomic E-state index is 11.5. The van der Waals surface area contributed by atoms with Crippen LogP contribution in [0.2, 0.25) is 0 Å². The van der Waals surface area contributed by atoms with Gasteiger partial charge in [-0.2, -0.15) is 0 Å². The van der Waals surface area contributed by atoms with Gasteiger partial charge in [0.05, 0.1) is 23.7 Å². The topological polar surface area (TPSA) is 57.6 Å². The van der Waals surface area contributed by atoms with Crippen molar-refractivity contribution in [1.82, 2.24) is 4.90 Å². The predicted molar refractivity (Wildman–Crippen MR) is 66.9 cm³/mol. The average Bonchev–Trinajstić information content (AvgIpc) is 2.81. The summed E-state index contributed by atoms with van der Waals surface area (Å²) in [5.41, 5.74) is 1.29. The molecular weight excluding hydrogens is 258 g/mol. The number of aliphatic hydroxyl groups excluding tert-OH is 1.